The Labute approximate surface area is 139 Å². The number of fused-ring (bicyclic) bond motifs is 1. The topological polar surface area (TPSA) is 40.5 Å². The maximum atomic E-state index is 13.4. The minimum absolute atomic E-state index is 0.341. The van der Waals surface area contributed by atoms with Gasteiger partial charge in [-0.1, -0.05) is 0 Å². The number of ether oxygens (including phenoxy) is 2. The number of nitrogens with zero attached hydrogens (tertiary/aromatic N) is 1. The van der Waals surface area contributed by atoms with E-state index in [1.165, 1.54) is 12.1 Å². The van der Waals surface area contributed by atoms with E-state index in [1.807, 2.05) is 28.8 Å². The van der Waals surface area contributed by atoms with Gasteiger partial charge in [0, 0.05) is 29.2 Å². The SMILES string of the molecule is COc1ccc(OCCCn2cc(C=O)c3cc(F)ccc32)cc1. The summed E-state index contributed by atoms with van der Waals surface area (Å²) in [6.45, 7) is 1.23. The van der Waals surface area contributed by atoms with Gasteiger partial charge in [0.2, 0.25) is 0 Å². The first kappa shape index (κ1) is 16.1. The number of aldehydes is 1. The van der Waals surface area contributed by atoms with Crippen molar-refractivity contribution in [3.8, 4) is 11.5 Å². The molecule has 3 rings (SSSR count). The third kappa shape index (κ3) is 3.40. The summed E-state index contributed by atoms with van der Waals surface area (Å²) in [4.78, 5) is 11.1. The molecule has 0 aliphatic carbocycles. The number of methoxy groups -OCH3 is 1. The average molecular weight is 327 g/mol. The summed E-state index contributed by atoms with van der Waals surface area (Å²) in [5, 5.41) is 0.640. The van der Waals surface area contributed by atoms with Gasteiger partial charge in [0.25, 0.3) is 0 Å². The molecule has 0 fully saturated rings. The average Bonchev–Trinajstić information content (AvgIpc) is 2.96. The van der Waals surface area contributed by atoms with Gasteiger partial charge in [-0.25, -0.2) is 4.39 Å². The number of aromatic nitrogens is 1. The zero-order chi connectivity index (χ0) is 16.9. The van der Waals surface area contributed by atoms with Crippen LogP contribution in [0, 0.1) is 5.82 Å². The molecule has 0 N–H and O–H groups in total. The molecule has 124 valence electrons. The molecule has 0 atom stereocenters. The van der Waals surface area contributed by atoms with Crippen molar-refractivity contribution < 1.29 is 18.7 Å². The second-order valence-electron chi connectivity index (χ2n) is 5.43. The van der Waals surface area contributed by atoms with E-state index >= 15 is 0 Å². The van der Waals surface area contributed by atoms with Crippen LogP contribution in [0.1, 0.15) is 16.8 Å². The van der Waals surface area contributed by atoms with Gasteiger partial charge < -0.3 is 14.0 Å². The van der Waals surface area contributed by atoms with Gasteiger partial charge in [-0.05, 0) is 48.9 Å². The van der Waals surface area contributed by atoms with Crippen molar-refractivity contribution in [1.82, 2.24) is 4.57 Å². The molecule has 0 amide bonds. The van der Waals surface area contributed by atoms with Crippen molar-refractivity contribution in [3.63, 3.8) is 0 Å². The lowest BCUT2D eigenvalue weighted by molar-refractivity contribution is 0.112. The van der Waals surface area contributed by atoms with Gasteiger partial charge in [0.15, 0.2) is 6.29 Å². The molecule has 1 aromatic heterocycles. The van der Waals surface area contributed by atoms with E-state index in [4.69, 9.17) is 9.47 Å². The van der Waals surface area contributed by atoms with Crippen LogP contribution in [0.25, 0.3) is 10.9 Å². The standard InChI is InChI=1S/C19H18FNO3/c1-23-16-4-6-17(7-5-16)24-10-2-9-21-12-14(13-22)18-11-15(20)3-8-19(18)21/h3-8,11-13H,2,9-10H2,1H3. The largest absolute Gasteiger partial charge is 0.497 e. The normalized spacial score (nSPS) is 10.8. The zero-order valence-corrected chi connectivity index (χ0v) is 13.4. The Balaban J connectivity index is 1.62. The van der Waals surface area contributed by atoms with Crippen LogP contribution < -0.4 is 9.47 Å². The second kappa shape index (κ2) is 7.17. The van der Waals surface area contributed by atoms with Crippen molar-refractivity contribution in [2.75, 3.05) is 13.7 Å². The highest BCUT2D eigenvalue weighted by atomic mass is 19.1. The van der Waals surface area contributed by atoms with Crippen molar-refractivity contribution in [2.24, 2.45) is 0 Å². The fourth-order valence-corrected chi connectivity index (χ4v) is 2.67. The number of hydrogen-bond donors (Lipinski definition) is 0. The van der Waals surface area contributed by atoms with Gasteiger partial charge in [-0.15, -0.1) is 0 Å². The molecule has 0 spiro atoms. The van der Waals surface area contributed by atoms with E-state index in [9.17, 15) is 9.18 Å². The quantitative estimate of drug-likeness (QED) is 0.485. The van der Waals surface area contributed by atoms with Crippen LogP contribution in [0.15, 0.2) is 48.7 Å². The minimum Gasteiger partial charge on any atom is -0.497 e. The summed E-state index contributed by atoms with van der Waals surface area (Å²) in [6, 6.07) is 11.9. The van der Waals surface area contributed by atoms with Crippen LogP contribution in [0.3, 0.4) is 0 Å². The van der Waals surface area contributed by atoms with Crippen LogP contribution in [0.4, 0.5) is 4.39 Å². The highest BCUT2D eigenvalue weighted by molar-refractivity contribution is 5.97. The third-order valence-corrected chi connectivity index (χ3v) is 3.87. The van der Waals surface area contributed by atoms with E-state index in [2.05, 4.69) is 0 Å². The highest BCUT2D eigenvalue weighted by Gasteiger charge is 2.08. The Kier molecular flexibility index (Phi) is 4.79. The van der Waals surface area contributed by atoms with Gasteiger partial charge >= 0.3 is 0 Å². The fraction of sp³-hybridized carbons (Fsp3) is 0.211. The number of aryl methyl sites for hydroxylation is 1. The zero-order valence-electron chi connectivity index (χ0n) is 13.4. The summed E-state index contributed by atoms with van der Waals surface area (Å²) in [5.41, 5.74) is 1.35. The Bertz CT molecular complexity index is 840. The maximum absolute atomic E-state index is 13.4. The molecule has 0 radical (unpaired) electrons. The van der Waals surface area contributed by atoms with Crippen LogP contribution in [-0.4, -0.2) is 24.6 Å². The van der Waals surface area contributed by atoms with E-state index < -0.39 is 0 Å². The Morgan fingerprint density at radius 3 is 2.58 bits per heavy atom. The van der Waals surface area contributed by atoms with Gasteiger partial charge in [0.1, 0.15) is 17.3 Å². The summed E-state index contributed by atoms with van der Waals surface area (Å²) in [6.07, 6.45) is 3.28. The molecular weight excluding hydrogens is 309 g/mol. The van der Waals surface area contributed by atoms with E-state index in [0.717, 1.165) is 29.7 Å². The lowest BCUT2D eigenvalue weighted by Gasteiger charge is -2.08. The fourth-order valence-electron chi connectivity index (χ4n) is 2.67. The van der Waals surface area contributed by atoms with Gasteiger partial charge in [-0.2, -0.15) is 0 Å². The molecule has 24 heavy (non-hydrogen) atoms. The molecule has 0 bridgehead atoms. The molecule has 0 unspecified atom stereocenters. The van der Waals surface area contributed by atoms with Crippen molar-refractivity contribution in [3.05, 3.63) is 60.0 Å². The first-order valence-corrected chi connectivity index (χ1v) is 7.71. The van der Waals surface area contributed by atoms with Crippen LogP contribution >= 0.6 is 0 Å². The molecule has 2 aromatic carbocycles. The molecule has 1 heterocycles. The predicted molar refractivity (Wildman–Crippen MR) is 90.4 cm³/mol. The van der Waals surface area contributed by atoms with Crippen molar-refractivity contribution in [2.45, 2.75) is 13.0 Å². The van der Waals surface area contributed by atoms with Crippen LogP contribution in [0.5, 0.6) is 11.5 Å². The number of benzene rings is 2. The highest BCUT2D eigenvalue weighted by Crippen LogP contribution is 2.22. The van der Waals surface area contributed by atoms with Crippen LogP contribution in [0.2, 0.25) is 0 Å². The number of halogens is 1. The molecule has 0 saturated heterocycles. The maximum Gasteiger partial charge on any atom is 0.152 e. The van der Waals surface area contributed by atoms with E-state index in [-0.39, 0.29) is 5.82 Å². The Morgan fingerprint density at radius 1 is 1.12 bits per heavy atom. The molecule has 5 heteroatoms. The second-order valence-corrected chi connectivity index (χ2v) is 5.43. The number of hydrogen-bond acceptors (Lipinski definition) is 3. The third-order valence-electron chi connectivity index (χ3n) is 3.87. The Morgan fingerprint density at radius 2 is 1.88 bits per heavy atom. The molecular formula is C19H18FNO3. The smallest absolute Gasteiger partial charge is 0.152 e. The lowest BCUT2D eigenvalue weighted by atomic mass is 10.2. The van der Waals surface area contributed by atoms with E-state index in [1.54, 1.807) is 19.4 Å². The number of carbonyl (C=O) groups is 1. The number of carbonyl (C=O) groups excluding carboxylic acids is 1. The summed E-state index contributed by atoms with van der Waals surface area (Å²) in [7, 11) is 1.62. The van der Waals surface area contributed by atoms with Crippen LogP contribution in [-0.2, 0) is 6.54 Å². The van der Waals surface area contributed by atoms with E-state index in [0.29, 0.717) is 24.1 Å². The lowest BCUT2D eigenvalue weighted by Crippen LogP contribution is -2.03. The predicted octanol–water partition coefficient (Wildman–Crippen LogP) is 4.07. The molecule has 0 saturated carbocycles. The molecule has 3 aromatic rings. The van der Waals surface area contributed by atoms with Crippen molar-refractivity contribution in [1.29, 1.82) is 0 Å². The van der Waals surface area contributed by atoms with Gasteiger partial charge in [0.05, 0.1) is 13.7 Å². The van der Waals surface area contributed by atoms with Gasteiger partial charge in [-0.3, -0.25) is 4.79 Å². The Hall–Kier alpha value is -2.82. The monoisotopic (exact) mass is 327 g/mol. The first-order valence-electron chi connectivity index (χ1n) is 7.71. The first-order chi connectivity index (χ1) is 11.7. The van der Waals surface area contributed by atoms with Crippen molar-refractivity contribution >= 4 is 17.2 Å². The summed E-state index contributed by atoms with van der Waals surface area (Å²) < 4.78 is 26.1. The minimum atomic E-state index is -0.341. The number of rotatable bonds is 7. The summed E-state index contributed by atoms with van der Waals surface area (Å²) in [5.74, 6) is 1.23. The summed E-state index contributed by atoms with van der Waals surface area (Å²) >= 11 is 0. The molecule has 0 aliphatic heterocycles. The molecule has 0 aliphatic rings. The molecule has 4 nitrogen and oxygen atoms in total.